The molecule has 6 heteroatoms. The minimum absolute atomic E-state index is 0.620. The van der Waals surface area contributed by atoms with Crippen LogP contribution in [0.25, 0.3) is 0 Å². The zero-order chi connectivity index (χ0) is 14.4. The molecule has 0 saturated heterocycles. The fourth-order valence-corrected chi connectivity index (χ4v) is 0.487. The fraction of sp³-hybridized carbons (Fsp3) is 0.833. The molecule has 0 aromatic heterocycles. The van der Waals surface area contributed by atoms with E-state index in [1.54, 1.807) is 27.7 Å². The Morgan fingerprint density at radius 2 is 1.06 bits per heavy atom. The maximum Gasteiger partial charge on any atom is 0.453 e. The number of carbonyl (C=O) groups is 2. The zero-order valence-electron chi connectivity index (χ0n) is 11.9. The van der Waals surface area contributed by atoms with Gasteiger partial charge in [-0.15, -0.1) is 0 Å². The predicted molar refractivity (Wildman–Crippen MR) is 63.1 cm³/mol. The Morgan fingerprint density at radius 3 is 1.28 bits per heavy atom. The zero-order valence-corrected chi connectivity index (χ0v) is 11.9. The van der Waals surface area contributed by atoms with E-state index in [2.05, 4.69) is 9.78 Å². The van der Waals surface area contributed by atoms with Crippen LogP contribution in [0.1, 0.15) is 54.4 Å². The van der Waals surface area contributed by atoms with Crippen LogP contribution in [0.3, 0.4) is 0 Å². The van der Waals surface area contributed by atoms with Crippen LogP contribution in [-0.4, -0.2) is 23.1 Å². The summed E-state index contributed by atoms with van der Waals surface area (Å²) < 4.78 is 0. The highest BCUT2D eigenvalue weighted by Gasteiger charge is 2.27. The van der Waals surface area contributed by atoms with Crippen molar-refractivity contribution in [2.24, 2.45) is 0 Å². The van der Waals surface area contributed by atoms with Gasteiger partial charge in [-0.1, -0.05) is 13.8 Å². The monoisotopic (exact) mass is 262 g/mol. The summed E-state index contributed by atoms with van der Waals surface area (Å²) in [5.74, 6) is -2.49. The van der Waals surface area contributed by atoms with Gasteiger partial charge < -0.3 is 0 Å². The van der Waals surface area contributed by atoms with Gasteiger partial charge in [0.1, 0.15) is 11.2 Å². The molecule has 0 amide bonds. The van der Waals surface area contributed by atoms with Gasteiger partial charge in [-0.3, -0.25) is 9.78 Å². The Bertz CT molecular complexity index is 265. The summed E-state index contributed by atoms with van der Waals surface area (Å²) in [7, 11) is 0. The van der Waals surface area contributed by atoms with E-state index >= 15 is 0 Å². The largest absolute Gasteiger partial charge is 0.453 e. The van der Waals surface area contributed by atoms with Crippen molar-refractivity contribution in [1.82, 2.24) is 0 Å². The van der Waals surface area contributed by atoms with E-state index in [-0.39, 0.29) is 0 Å². The predicted octanol–water partition coefficient (Wildman–Crippen LogP) is 2.31. The van der Waals surface area contributed by atoms with Gasteiger partial charge in [0.05, 0.1) is 0 Å². The number of hydrogen-bond acceptors (Lipinski definition) is 6. The molecule has 0 saturated carbocycles. The van der Waals surface area contributed by atoms with Crippen molar-refractivity contribution in [3.05, 3.63) is 0 Å². The van der Waals surface area contributed by atoms with Crippen LogP contribution in [0.4, 0.5) is 0 Å². The minimum atomic E-state index is -1.25. The van der Waals surface area contributed by atoms with E-state index in [4.69, 9.17) is 9.78 Å². The van der Waals surface area contributed by atoms with Crippen molar-refractivity contribution in [3.63, 3.8) is 0 Å². The number of rotatable bonds is 6. The number of hydrogen-bond donors (Lipinski definition) is 0. The lowest BCUT2D eigenvalue weighted by molar-refractivity contribution is -0.344. The Balaban J connectivity index is 4.09. The summed E-state index contributed by atoms with van der Waals surface area (Å²) in [6.07, 6.45) is 1.24. The molecule has 0 aromatic carbocycles. The van der Waals surface area contributed by atoms with Gasteiger partial charge in [-0.2, -0.15) is 9.78 Å². The third-order valence-electron chi connectivity index (χ3n) is 2.56. The quantitative estimate of drug-likeness (QED) is 0.415. The molecule has 0 bridgehead atoms. The molecule has 0 radical (unpaired) electrons. The SMILES string of the molecule is CCC(C)(C)OOC(=O)C(=O)OOC(C)(C)CC. The average molecular weight is 262 g/mol. The van der Waals surface area contributed by atoms with E-state index in [1.165, 1.54) is 0 Å². The Morgan fingerprint density at radius 1 is 0.778 bits per heavy atom. The lowest BCUT2D eigenvalue weighted by Gasteiger charge is -2.21. The highest BCUT2D eigenvalue weighted by Crippen LogP contribution is 2.15. The smallest absolute Gasteiger partial charge is 0.285 e. The molecule has 0 aliphatic carbocycles. The second-order valence-electron chi connectivity index (χ2n) is 5.13. The first kappa shape index (κ1) is 16.9. The molecule has 0 N–H and O–H groups in total. The van der Waals surface area contributed by atoms with Gasteiger partial charge in [0, 0.05) is 0 Å². The van der Waals surface area contributed by atoms with Crippen molar-refractivity contribution in [2.75, 3.05) is 0 Å². The normalized spacial score (nSPS) is 12.1. The van der Waals surface area contributed by atoms with Crippen molar-refractivity contribution < 1.29 is 29.1 Å². The summed E-state index contributed by atoms with van der Waals surface area (Å²) in [6.45, 7) is 10.6. The molecule has 0 aromatic rings. The molecule has 0 heterocycles. The fourth-order valence-electron chi connectivity index (χ4n) is 0.487. The van der Waals surface area contributed by atoms with Crippen molar-refractivity contribution >= 4 is 11.9 Å². The van der Waals surface area contributed by atoms with Gasteiger partial charge in [0.2, 0.25) is 0 Å². The lowest BCUT2D eigenvalue weighted by atomic mass is 10.1. The molecule has 6 nitrogen and oxygen atoms in total. The molecule has 106 valence electrons. The first-order chi connectivity index (χ1) is 8.13. The van der Waals surface area contributed by atoms with Gasteiger partial charge in [0.15, 0.2) is 0 Å². The van der Waals surface area contributed by atoms with Crippen molar-refractivity contribution in [3.8, 4) is 0 Å². The van der Waals surface area contributed by atoms with Gasteiger partial charge >= 0.3 is 11.9 Å². The number of carbonyl (C=O) groups excluding carboxylic acids is 2. The third kappa shape index (κ3) is 6.56. The molecule has 0 fully saturated rings. The summed E-state index contributed by atoms with van der Waals surface area (Å²) in [5, 5.41) is 0. The average Bonchev–Trinajstić information content (AvgIpc) is 2.33. The van der Waals surface area contributed by atoms with E-state index in [0.717, 1.165) is 0 Å². The second-order valence-corrected chi connectivity index (χ2v) is 5.13. The standard InChI is InChI=1S/C12H22O6/c1-7-11(3,4)17-15-9(13)10(14)16-18-12(5,6)8-2/h7-8H2,1-6H3. The van der Waals surface area contributed by atoms with Gasteiger partial charge in [-0.25, -0.2) is 9.59 Å². The van der Waals surface area contributed by atoms with Crippen LogP contribution in [-0.2, 0) is 29.1 Å². The lowest BCUT2D eigenvalue weighted by Crippen LogP contribution is -2.31. The van der Waals surface area contributed by atoms with Crippen molar-refractivity contribution in [1.29, 1.82) is 0 Å². The van der Waals surface area contributed by atoms with E-state index in [0.29, 0.717) is 12.8 Å². The van der Waals surface area contributed by atoms with E-state index in [1.807, 2.05) is 13.8 Å². The van der Waals surface area contributed by atoms with Crippen LogP contribution in [0.5, 0.6) is 0 Å². The highest BCUT2D eigenvalue weighted by atomic mass is 17.2. The summed E-state index contributed by atoms with van der Waals surface area (Å²) in [4.78, 5) is 40.8. The molecular weight excluding hydrogens is 240 g/mol. The van der Waals surface area contributed by atoms with Crippen LogP contribution < -0.4 is 0 Å². The Kier molecular flexibility index (Phi) is 6.28. The molecule has 0 rings (SSSR count). The van der Waals surface area contributed by atoms with Crippen LogP contribution in [0.2, 0.25) is 0 Å². The highest BCUT2D eigenvalue weighted by molar-refractivity contribution is 6.29. The molecule has 0 aliphatic rings. The maximum absolute atomic E-state index is 11.2. The molecular formula is C12H22O6. The molecule has 0 unspecified atom stereocenters. The van der Waals surface area contributed by atoms with Gasteiger partial charge in [-0.05, 0) is 40.5 Å². The Hall–Kier alpha value is -1.14. The molecule has 0 aliphatic heterocycles. The van der Waals surface area contributed by atoms with E-state index < -0.39 is 23.1 Å². The first-order valence-corrected chi connectivity index (χ1v) is 5.93. The topological polar surface area (TPSA) is 71.1 Å². The molecule has 18 heavy (non-hydrogen) atoms. The van der Waals surface area contributed by atoms with Gasteiger partial charge in [0.25, 0.3) is 0 Å². The molecule has 0 atom stereocenters. The van der Waals surface area contributed by atoms with Crippen molar-refractivity contribution in [2.45, 2.75) is 65.6 Å². The third-order valence-corrected chi connectivity index (χ3v) is 2.56. The Labute approximate surface area is 107 Å². The van der Waals surface area contributed by atoms with Crippen LogP contribution >= 0.6 is 0 Å². The van der Waals surface area contributed by atoms with Crippen LogP contribution in [0.15, 0.2) is 0 Å². The first-order valence-electron chi connectivity index (χ1n) is 5.93. The van der Waals surface area contributed by atoms with E-state index in [9.17, 15) is 9.59 Å². The molecule has 0 spiro atoms. The second kappa shape index (κ2) is 6.70. The summed E-state index contributed by atoms with van der Waals surface area (Å²) in [5.41, 5.74) is -1.31. The maximum atomic E-state index is 11.2. The minimum Gasteiger partial charge on any atom is -0.285 e. The summed E-state index contributed by atoms with van der Waals surface area (Å²) >= 11 is 0. The summed E-state index contributed by atoms with van der Waals surface area (Å²) in [6, 6.07) is 0. The van der Waals surface area contributed by atoms with Crippen LogP contribution in [0, 0.1) is 0 Å².